The molecule has 0 saturated carbocycles. The average Bonchev–Trinajstić information content (AvgIpc) is 3.18. The SMILES string of the molecule is C=CCn1c(SC(C)C(=O)Nc2ccc(F)cc2)nnc1C(C)Oc1cccc(OC)c1. The maximum atomic E-state index is 13.1. The number of halogens is 1. The van der Waals surface area contributed by atoms with Crippen LogP contribution in [0.2, 0.25) is 0 Å². The van der Waals surface area contributed by atoms with Crippen molar-refractivity contribution in [2.45, 2.75) is 36.9 Å². The summed E-state index contributed by atoms with van der Waals surface area (Å²) in [6.07, 6.45) is 1.34. The molecule has 1 heterocycles. The van der Waals surface area contributed by atoms with E-state index in [2.05, 4.69) is 22.1 Å². The molecule has 1 aromatic heterocycles. The van der Waals surface area contributed by atoms with Crippen LogP contribution in [0.5, 0.6) is 11.5 Å². The first-order chi connectivity index (χ1) is 15.4. The van der Waals surface area contributed by atoms with Gasteiger partial charge >= 0.3 is 0 Å². The van der Waals surface area contributed by atoms with Crippen molar-refractivity contribution in [1.29, 1.82) is 0 Å². The molecule has 0 fully saturated rings. The third-order valence-electron chi connectivity index (χ3n) is 4.54. The Hall–Kier alpha value is -3.33. The third kappa shape index (κ3) is 5.88. The fourth-order valence-electron chi connectivity index (χ4n) is 2.91. The van der Waals surface area contributed by atoms with Crippen LogP contribution >= 0.6 is 11.8 Å². The summed E-state index contributed by atoms with van der Waals surface area (Å²) in [5.74, 6) is 1.37. The van der Waals surface area contributed by atoms with Gasteiger partial charge in [0.15, 0.2) is 17.1 Å². The number of methoxy groups -OCH3 is 1. The monoisotopic (exact) mass is 456 g/mol. The quantitative estimate of drug-likeness (QED) is 0.346. The number of benzene rings is 2. The van der Waals surface area contributed by atoms with Gasteiger partial charge in [-0.3, -0.25) is 9.36 Å². The first kappa shape index (κ1) is 23.3. The zero-order chi connectivity index (χ0) is 23.1. The van der Waals surface area contributed by atoms with Gasteiger partial charge in [0, 0.05) is 18.3 Å². The number of thioether (sulfide) groups is 1. The molecule has 0 aliphatic carbocycles. The molecule has 2 unspecified atom stereocenters. The Morgan fingerprint density at radius 3 is 2.62 bits per heavy atom. The fourth-order valence-corrected chi connectivity index (χ4v) is 3.77. The second-order valence-electron chi connectivity index (χ2n) is 6.94. The van der Waals surface area contributed by atoms with Gasteiger partial charge in [-0.15, -0.1) is 16.8 Å². The van der Waals surface area contributed by atoms with Gasteiger partial charge in [0.2, 0.25) is 5.91 Å². The van der Waals surface area contributed by atoms with Crippen LogP contribution in [0.25, 0.3) is 0 Å². The number of nitrogens with one attached hydrogen (secondary N) is 1. The van der Waals surface area contributed by atoms with E-state index in [1.807, 2.05) is 29.7 Å². The molecule has 168 valence electrons. The molecule has 9 heteroatoms. The zero-order valence-corrected chi connectivity index (χ0v) is 18.9. The lowest BCUT2D eigenvalue weighted by Gasteiger charge is -2.17. The summed E-state index contributed by atoms with van der Waals surface area (Å²) in [7, 11) is 1.60. The van der Waals surface area contributed by atoms with Gasteiger partial charge in [-0.05, 0) is 50.2 Å². The Labute approximate surface area is 190 Å². The molecule has 0 radical (unpaired) electrons. The lowest BCUT2D eigenvalue weighted by molar-refractivity contribution is -0.115. The standard InChI is InChI=1S/C23H25FN4O3S/c1-5-13-28-21(15(2)31-20-8-6-7-19(14-20)30-4)26-27-23(28)32-16(3)22(29)25-18-11-9-17(24)10-12-18/h5-12,14-16H,1,13H2,2-4H3,(H,25,29). The number of carbonyl (C=O) groups is 1. The van der Waals surface area contributed by atoms with Gasteiger partial charge in [0.05, 0.1) is 12.4 Å². The number of nitrogens with zero attached hydrogens (tertiary/aromatic N) is 3. The third-order valence-corrected chi connectivity index (χ3v) is 5.62. The van der Waals surface area contributed by atoms with Crippen molar-refractivity contribution in [3.8, 4) is 11.5 Å². The number of anilines is 1. The summed E-state index contributed by atoms with van der Waals surface area (Å²) in [5.41, 5.74) is 0.525. The van der Waals surface area contributed by atoms with E-state index in [0.29, 0.717) is 34.7 Å². The maximum Gasteiger partial charge on any atom is 0.237 e. The van der Waals surface area contributed by atoms with Crippen LogP contribution in [0.3, 0.4) is 0 Å². The van der Waals surface area contributed by atoms with Crippen molar-refractivity contribution < 1.29 is 18.7 Å². The van der Waals surface area contributed by atoms with Gasteiger partial charge in [-0.1, -0.05) is 23.9 Å². The van der Waals surface area contributed by atoms with Crippen molar-refractivity contribution in [2.75, 3.05) is 12.4 Å². The Morgan fingerprint density at radius 1 is 1.22 bits per heavy atom. The summed E-state index contributed by atoms with van der Waals surface area (Å²) in [4.78, 5) is 12.6. The Kier molecular flexibility index (Phi) is 7.88. The minimum absolute atomic E-state index is 0.225. The molecule has 32 heavy (non-hydrogen) atoms. The van der Waals surface area contributed by atoms with Crippen molar-refractivity contribution >= 4 is 23.4 Å². The number of carbonyl (C=O) groups excluding carboxylic acids is 1. The number of allylic oxidation sites excluding steroid dienone is 1. The lowest BCUT2D eigenvalue weighted by atomic mass is 10.3. The van der Waals surface area contributed by atoms with E-state index in [9.17, 15) is 9.18 Å². The van der Waals surface area contributed by atoms with E-state index in [4.69, 9.17) is 9.47 Å². The molecular formula is C23H25FN4O3S. The zero-order valence-electron chi connectivity index (χ0n) is 18.1. The summed E-state index contributed by atoms with van der Waals surface area (Å²) >= 11 is 1.27. The minimum atomic E-state index is -0.463. The van der Waals surface area contributed by atoms with Crippen molar-refractivity contribution in [2.24, 2.45) is 0 Å². The molecular weight excluding hydrogens is 431 g/mol. The maximum absolute atomic E-state index is 13.1. The Morgan fingerprint density at radius 2 is 1.94 bits per heavy atom. The molecule has 1 amide bonds. The molecule has 0 bridgehead atoms. The van der Waals surface area contributed by atoms with Crippen LogP contribution in [-0.4, -0.2) is 33.0 Å². The number of hydrogen-bond acceptors (Lipinski definition) is 6. The van der Waals surface area contributed by atoms with E-state index in [0.717, 1.165) is 0 Å². The van der Waals surface area contributed by atoms with Crippen LogP contribution in [0.4, 0.5) is 10.1 Å². The number of aromatic nitrogens is 3. The van der Waals surface area contributed by atoms with Crippen molar-refractivity contribution in [1.82, 2.24) is 14.8 Å². The highest BCUT2D eigenvalue weighted by atomic mass is 32.2. The molecule has 3 aromatic rings. The first-order valence-corrected chi connectivity index (χ1v) is 10.9. The fraction of sp³-hybridized carbons (Fsp3) is 0.261. The molecule has 0 spiro atoms. The van der Waals surface area contributed by atoms with Crippen molar-refractivity contribution in [3.05, 3.63) is 72.8 Å². The number of rotatable bonds is 10. The number of amides is 1. The van der Waals surface area contributed by atoms with Crippen molar-refractivity contribution in [3.63, 3.8) is 0 Å². The van der Waals surface area contributed by atoms with Gasteiger partial charge in [0.25, 0.3) is 0 Å². The minimum Gasteiger partial charge on any atom is -0.497 e. The van der Waals surface area contributed by atoms with Crippen LogP contribution < -0.4 is 14.8 Å². The highest BCUT2D eigenvalue weighted by molar-refractivity contribution is 8.00. The van der Waals surface area contributed by atoms with E-state index >= 15 is 0 Å². The smallest absolute Gasteiger partial charge is 0.237 e. The van der Waals surface area contributed by atoms with Gasteiger partial charge in [-0.2, -0.15) is 0 Å². The highest BCUT2D eigenvalue weighted by Gasteiger charge is 2.23. The average molecular weight is 457 g/mol. The van der Waals surface area contributed by atoms with Crippen LogP contribution in [0.1, 0.15) is 25.8 Å². The highest BCUT2D eigenvalue weighted by Crippen LogP contribution is 2.28. The normalized spacial score (nSPS) is 12.6. The second kappa shape index (κ2) is 10.8. The lowest BCUT2D eigenvalue weighted by Crippen LogP contribution is -2.23. The molecule has 7 nitrogen and oxygen atoms in total. The molecule has 0 saturated heterocycles. The van der Waals surface area contributed by atoms with Crippen LogP contribution in [0, 0.1) is 5.82 Å². The number of ether oxygens (including phenoxy) is 2. The number of hydrogen-bond donors (Lipinski definition) is 1. The topological polar surface area (TPSA) is 78.3 Å². The van der Waals surface area contributed by atoms with Gasteiger partial charge < -0.3 is 14.8 Å². The summed E-state index contributed by atoms with van der Waals surface area (Å²) in [5, 5.41) is 11.4. The predicted molar refractivity (Wildman–Crippen MR) is 123 cm³/mol. The van der Waals surface area contributed by atoms with Gasteiger partial charge in [-0.25, -0.2) is 4.39 Å². The second-order valence-corrected chi connectivity index (χ2v) is 8.24. The predicted octanol–water partition coefficient (Wildman–Crippen LogP) is 4.87. The van der Waals surface area contributed by atoms with Gasteiger partial charge in [0.1, 0.15) is 17.3 Å². The molecule has 1 N–H and O–H groups in total. The van der Waals surface area contributed by atoms with E-state index in [1.165, 1.54) is 36.0 Å². The first-order valence-electron chi connectivity index (χ1n) is 9.99. The Balaban J connectivity index is 1.72. The molecule has 3 rings (SSSR count). The largest absolute Gasteiger partial charge is 0.497 e. The van der Waals surface area contributed by atoms with Crippen LogP contribution in [0.15, 0.2) is 66.3 Å². The summed E-state index contributed by atoms with van der Waals surface area (Å²) < 4.78 is 26.2. The molecule has 2 atom stereocenters. The van der Waals surface area contributed by atoms with E-state index < -0.39 is 11.4 Å². The summed E-state index contributed by atoms with van der Waals surface area (Å²) in [6.45, 7) is 7.92. The Bertz CT molecular complexity index is 1070. The van der Waals surface area contributed by atoms with Crippen LogP contribution in [-0.2, 0) is 11.3 Å². The molecule has 0 aliphatic heterocycles. The van der Waals surface area contributed by atoms with E-state index in [-0.39, 0.29) is 11.7 Å². The van der Waals surface area contributed by atoms with E-state index in [1.54, 1.807) is 26.2 Å². The molecule has 0 aliphatic rings. The summed E-state index contributed by atoms with van der Waals surface area (Å²) in [6, 6.07) is 12.9. The molecule has 2 aromatic carbocycles.